The summed E-state index contributed by atoms with van der Waals surface area (Å²) in [4.78, 5) is -0.0973. The first-order chi connectivity index (χ1) is 12.4. The van der Waals surface area contributed by atoms with Crippen molar-refractivity contribution < 1.29 is 21.9 Å². The van der Waals surface area contributed by atoms with Crippen LogP contribution in [-0.4, -0.2) is 55.7 Å². The minimum atomic E-state index is -3.89. The van der Waals surface area contributed by atoms with Gasteiger partial charge in [-0.2, -0.15) is 9.40 Å². The van der Waals surface area contributed by atoms with Gasteiger partial charge in [0.2, 0.25) is 10.0 Å². The van der Waals surface area contributed by atoms with Gasteiger partial charge >= 0.3 is 0 Å². The highest BCUT2D eigenvalue weighted by atomic mass is 35.5. The summed E-state index contributed by atoms with van der Waals surface area (Å²) in [6, 6.07) is 6.75. The molecule has 1 aliphatic heterocycles. The quantitative estimate of drug-likeness (QED) is 0.769. The monoisotopic (exact) mass is 422 g/mol. The lowest BCUT2D eigenvalue weighted by Crippen LogP contribution is -2.48. The topological polar surface area (TPSA) is 76.5 Å². The van der Waals surface area contributed by atoms with E-state index in [1.165, 1.54) is 11.4 Å². The van der Waals surface area contributed by atoms with E-state index in [0.29, 0.717) is 18.8 Å². The van der Waals surface area contributed by atoms with Gasteiger partial charge in [0.25, 0.3) is 6.43 Å². The highest BCUT2D eigenvalue weighted by Gasteiger charge is 2.36. The van der Waals surface area contributed by atoms with E-state index in [-0.39, 0.29) is 23.8 Å². The molecule has 2 heterocycles. The number of benzene rings is 1. The molecule has 150 valence electrons. The Morgan fingerprint density at radius 3 is 2.81 bits per heavy atom. The Kier molecular flexibility index (Phi) is 7.15. The molecule has 1 aromatic heterocycles. The van der Waals surface area contributed by atoms with Crippen LogP contribution in [0.1, 0.15) is 11.6 Å². The number of rotatable bonds is 6. The number of hydrogen-bond donors (Lipinski definition) is 1. The zero-order valence-corrected chi connectivity index (χ0v) is 16.2. The Bertz CT molecular complexity index is 863. The predicted molar refractivity (Wildman–Crippen MR) is 98.0 cm³/mol. The molecule has 1 aliphatic rings. The summed E-state index contributed by atoms with van der Waals surface area (Å²) in [5.41, 5.74) is 0.741. The van der Waals surface area contributed by atoms with Crippen LogP contribution in [-0.2, 0) is 16.6 Å². The summed E-state index contributed by atoms with van der Waals surface area (Å²) >= 11 is 0. The average molecular weight is 423 g/mol. The zero-order valence-electron chi connectivity index (χ0n) is 14.6. The van der Waals surface area contributed by atoms with Crippen LogP contribution >= 0.6 is 12.4 Å². The average Bonchev–Trinajstić information content (AvgIpc) is 3.10. The molecule has 7 nitrogen and oxygen atoms in total. The number of nitrogens with zero attached hydrogens (tertiary/aromatic N) is 3. The minimum Gasteiger partial charge on any atom is -0.496 e. The highest BCUT2D eigenvalue weighted by Crippen LogP contribution is 2.33. The molecule has 1 fully saturated rings. The summed E-state index contributed by atoms with van der Waals surface area (Å²) in [5.74, 6) is 0.592. The lowest BCUT2D eigenvalue weighted by molar-refractivity contribution is 0.121. The van der Waals surface area contributed by atoms with E-state index >= 15 is 0 Å². The van der Waals surface area contributed by atoms with Gasteiger partial charge in [-0.05, 0) is 6.07 Å². The molecule has 2 aromatic rings. The maximum absolute atomic E-state index is 13.1. The number of alkyl halides is 2. The molecular formula is C16H21ClF2N4O3S. The Balaban J connectivity index is 0.00000261. The zero-order chi connectivity index (χ0) is 18.7. The van der Waals surface area contributed by atoms with Gasteiger partial charge in [-0.15, -0.1) is 12.4 Å². The number of aromatic nitrogens is 2. The van der Waals surface area contributed by atoms with Crippen LogP contribution in [0.3, 0.4) is 0 Å². The van der Waals surface area contributed by atoms with Crippen LogP contribution < -0.4 is 10.1 Å². The third kappa shape index (κ3) is 4.57. The van der Waals surface area contributed by atoms with E-state index in [0.717, 1.165) is 22.6 Å². The summed E-state index contributed by atoms with van der Waals surface area (Å²) < 4.78 is 58.9. The minimum absolute atomic E-state index is 0. The van der Waals surface area contributed by atoms with Crippen molar-refractivity contribution in [2.24, 2.45) is 0 Å². The fourth-order valence-corrected chi connectivity index (χ4v) is 4.60. The molecule has 27 heavy (non-hydrogen) atoms. The molecule has 3 rings (SSSR count). The van der Waals surface area contributed by atoms with Crippen molar-refractivity contribution in [2.45, 2.75) is 23.9 Å². The largest absolute Gasteiger partial charge is 0.496 e. The normalized spacial score (nSPS) is 18.3. The Labute approximate surface area is 162 Å². The van der Waals surface area contributed by atoms with Gasteiger partial charge in [0.1, 0.15) is 17.2 Å². The van der Waals surface area contributed by atoms with Crippen molar-refractivity contribution in [2.75, 3.05) is 26.7 Å². The third-order valence-corrected chi connectivity index (χ3v) is 6.09. The second-order valence-electron chi connectivity index (χ2n) is 5.87. The Morgan fingerprint density at radius 1 is 1.37 bits per heavy atom. The number of hydrogen-bond acceptors (Lipinski definition) is 5. The van der Waals surface area contributed by atoms with E-state index in [1.54, 1.807) is 6.07 Å². The van der Waals surface area contributed by atoms with Crippen molar-refractivity contribution in [3.05, 3.63) is 42.2 Å². The van der Waals surface area contributed by atoms with E-state index in [1.807, 2.05) is 18.2 Å². The first-order valence-electron chi connectivity index (χ1n) is 8.09. The maximum Gasteiger partial charge on any atom is 0.257 e. The Morgan fingerprint density at radius 2 is 2.11 bits per heavy atom. The summed E-state index contributed by atoms with van der Waals surface area (Å²) in [6.07, 6.45) is -0.354. The van der Waals surface area contributed by atoms with Crippen molar-refractivity contribution in [3.63, 3.8) is 0 Å². The van der Waals surface area contributed by atoms with Gasteiger partial charge in [-0.1, -0.05) is 18.2 Å². The number of para-hydroxylation sites is 1. The van der Waals surface area contributed by atoms with E-state index in [2.05, 4.69) is 10.4 Å². The molecule has 1 saturated heterocycles. The van der Waals surface area contributed by atoms with Crippen molar-refractivity contribution >= 4 is 22.4 Å². The number of sulfonamides is 1. The van der Waals surface area contributed by atoms with Crippen LogP contribution in [0.2, 0.25) is 0 Å². The van der Waals surface area contributed by atoms with Gasteiger partial charge in [0.05, 0.1) is 19.3 Å². The summed E-state index contributed by atoms with van der Waals surface area (Å²) in [6.45, 7) is 0.527. The number of halogens is 3. The van der Waals surface area contributed by atoms with Crippen LogP contribution in [0, 0.1) is 0 Å². The molecule has 1 unspecified atom stereocenters. The smallest absolute Gasteiger partial charge is 0.257 e. The second kappa shape index (κ2) is 8.96. The van der Waals surface area contributed by atoms with Gasteiger partial charge in [0.15, 0.2) is 0 Å². The van der Waals surface area contributed by atoms with Crippen molar-refractivity contribution in [1.29, 1.82) is 0 Å². The van der Waals surface area contributed by atoms with Crippen molar-refractivity contribution in [1.82, 2.24) is 19.4 Å². The maximum atomic E-state index is 13.1. The van der Waals surface area contributed by atoms with Gasteiger partial charge < -0.3 is 10.1 Å². The predicted octanol–water partition coefficient (Wildman–Crippen LogP) is 1.91. The molecule has 1 N–H and O–H groups in total. The number of ether oxygens (including phenoxy) is 1. The van der Waals surface area contributed by atoms with E-state index in [9.17, 15) is 17.2 Å². The number of nitrogens with one attached hydrogen (secondary N) is 1. The second-order valence-corrected chi connectivity index (χ2v) is 7.76. The lowest BCUT2D eigenvalue weighted by Gasteiger charge is -2.35. The molecule has 0 bridgehead atoms. The molecule has 0 spiro atoms. The van der Waals surface area contributed by atoms with Crippen molar-refractivity contribution in [3.8, 4) is 5.75 Å². The lowest BCUT2D eigenvalue weighted by atomic mass is 10.0. The van der Waals surface area contributed by atoms with Crippen LogP contribution in [0.4, 0.5) is 8.78 Å². The third-order valence-electron chi connectivity index (χ3n) is 4.23. The fourth-order valence-electron chi connectivity index (χ4n) is 3.03. The fraction of sp³-hybridized carbons (Fsp3) is 0.438. The first-order valence-corrected chi connectivity index (χ1v) is 9.53. The first kappa shape index (κ1) is 21.5. The summed E-state index contributed by atoms with van der Waals surface area (Å²) in [7, 11) is -2.36. The van der Waals surface area contributed by atoms with E-state index < -0.39 is 29.0 Å². The molecule has 0 amide bonds. The number of piperazine rings is 1. The molecule has 1 atom stereocenters. The van der Waals surface area contributed by atoms with Gasteiger partial charge in [-0.3, -0.25) is 4.68 Å². The molecule has 1 aromatic carbocycles. The summed E-state index contributed by atoms with van der Waals surface area (Å²) in [5, 5.41) is 6.93. The van der Waals surface area contributed by atoms with Crippen LogP contribution in [0.25, 0.3) is 0 Å². The SMILES string of the molecule is COc1ccccc1C1CNCCN1S(=O)(=O)c1cnn(CC(F)F)c1.Cl. The van der Waals surface area contributed by atoms with E-state index in [4.69, 9.17) is 4.74 Å². The molecular weight excluding hydrogens is 402 g/mol. The molecule has 0 radical (unpaired) electrons. The Hall–Kier alpha value is -1.75. The highest BCUT2D eigenvalue weighted by molar-refractivity contribution is 7.89. The van der Waals surface area contributed by atoms with Gasteiger partial charge in [0, 0.05) is 31.4 Å². The molecule has 0 aliphatic carbocycles. The van der Waals surface area contributed by atoms with Gasteiger partial charge in [-0.25, -0.2) is 17.2 Å². The van der Waals surface area contributed by atoms with Crippen LogP contribution in [0.15, 0.2) is 41.6 Å². The molecule has 11 heteroatoms. The van der Waals surface area contributed by atoms with Crippen LogP contribution in [0.5, 0.6) is 5.75 Å². The molecule has 0 saturated carbocycles. The standard InChI is InChI=1S/C16H20F2N4O3S.ClH/c1-25-15-5-3-2-4-13(15)14-9-19-6-7-22(14)26(23,24)12-8-20-21(10-12)11-16(17)18;/h2-5,8,10,14,16,19H,6-7,9,11H2,1H3;1H. The number of methoxy groups -OCH3 is 1.